The third-order valence-electron chi connectivity index (χ3n) is 4.79. The summed E-state index contributed by atoms with van der Waals surface area (Å²) in [6.45, 7) is 7.08. The molecule has 23 heavy (non-hydrogen) atoms. The maximum absolute atomic E-state index is 12.6. The zero-order valence-electron chi connectivity index (χ0n) is 13.9. The summed E-state index contributed by atoms with van der Waals surface area (Å²) in [5.41, 5.74) is 1.50. The average Bonchev–Trinajstić information content (AvgIpc) is 2.55. The second kappa shape index (κ2) is 6.60. The molecule has 1 saturated heterocycles. The van der Waals surface area contributed by atoms with Gasteiger partial charge in [-0.05, 0) is 43.9 Å². The van der Waals surface area contributed by atoms with Crippen LogP contribution in [0.2, 0.25) is 0 Å². The molecule has 0 bridgehead atoms. The zero-order valence-corrected chi connectivity index (χ0v) is 13.9. The monoisotopic (exact) mass is 316 g/mol. The van der Waals surface area contributed by atoms with Gasteiger partial charge >= 0.3 is 0 Å². The third-order valence-corrected chi connectivity index (χ3v) is 4.79. The van der Waals surface area contributed by atoms with Gasteiger partial charge in [-0.3, -0.25) is 9.59 Å². The third kappa shape index (κ3) is 3.49. The number of benzene rings is 1. The molecule has 0 radical (unpaired) electrons. The molecule has 0 saturated carbocycles. The van der Waals surface area contributed by atoms with E-state index in [1.807, 2.05) is 21.9 Å². The van der Waals surface area contributed by atoms with Gasteiger partial charge < -0.3 is 14.5 Å². The van der Waals surface area contributed by atoms with Crippen LogP contribution in [0.5, 0.6) is 5.75 Å². The zero-order chi connectivity index (χ0) is 16.4. The van der Waals surface area contributed by atoms with Gasteiger partial charge in [-0.15, -0.1) is 0 Å². The number of hydrogen-bond acceptors (Lipinski definition) is 4. The number of nitrogens with zero attached hydrogens (tertiary/aromatic N) is 2. The number of Topliss-reactive ketones (excluding diaryl/α,β-unsaturated/α-hetero) is 1. The molecule has 1 fully saturated rings. The van der Waals surface area contributed by atoms with Crippen molar-refractivity contribution in [2.24, 2.45) is 5.92 Å². The number of anilines is 1. The summed E-state index contributed by atoms with van der Waals surface area (Å²) in [6, 6.07) is 5.44. The van der Waals surface area contributed by atoms with Gasteiger partial charge in [-0.2, -0.15) is 0 Å². The Hall–Kier alpha value is -2.04. The molecule has 0 aromatic heterocycles. The molecule has 3 rings (SSSR count). The molecule has 2 heterocycles. The van der Waals surface area contributed by atoms with E-state index in [4.69, 9.17) is 4.74 Å². The van der Waals surface area contributed by atoms with Crippen molar-refractivity contribution < 1.29 is 14.3 Å². The van der Waals surface area contributed by atoms with Crippen LogP contribution in [0.1, 0.15) is 37.0 Å². The van der Waals surface area contributed by atoms with E-state index in [1.165, 1.54) is 0 Å². The minimum absolute atomic E-state index is 0.0228. The molecule has 1 aromatic carbocycles. The lowest BCUT2D eigenvalue weighted by Crippen LogP contribution is -2.46. The van der Waals surface area contributed by atoms with E-state index < -0.39 is 0 Å². The molecule has 124 valence electrons. The Labute approximate surface area is 137 Å². The van der Waals surface area contributed by atoms with Gasteiger partial charge in [0, 0.05) is 18.7 Å². The lowest BCUT2D eigenvalue weighted by molar-refractivity contribution is -0.131. The number of hydrogen-bond donors (Lipinski definition) is 0. The van der Waals surface area contributed by atoms with Crippen molar-refractivity contribution in [2.45, 2.75) is 26.7 Å². The largest absolute Gasteiger partial charge is 0.490 e. The number of carbonyl (C=O) groups is 2. The van der Waals surface area contributed by atoms with Crippen molar-refractivity contribution >= 4 is 17.4 Å². The minimum atomic E-state index is 0.0228. The van der Waals surface area contributed by atoms with Gasteiger partial charge in [0.25, 0.3) is 0 Å². The molecule has 0 aliphatic carbocycles. The Bertz CT molecular complexity index is 606. The molecule has 1 aromatic rings. The quantitative estimate of drug-likeness (QED) is 0.803. The van der Waals surface area contributed by atoms with Crippen LogP contribution in [0.3, 0.4) is 0 Å². The molecule has 0 atom stereocenters. The number of fused-ring (bicyclic) bond motifs is 1. The lowest BCUT2D eigenvalue weighted by Gasteiger charge is -2.35. The number of piperidine rings is 1. The van der Waals surface area contributed by atoms with Gasteiger partial charge in [0.2, 0.25) is 5.91 Å². The molecule has 5 heteroatoms. The SMILES string of the molecule is CC(=O)c1ccc2c(c1)N(CC(=O)N1CCC(C)CC1)CCO2. The van der Waals surface area contributed by atoms with Crippen LogP contribution in [-0.4, -0.2) is 49.4 Å². The predicted molar refractivity (Wildman–Crippen MR) is 89.1 cm³/mol. The fraction of sp³-hybridized carbons (Fsp3) is 0.556. The Morgan fingerprint density at radius 1 is 1.22 bits per heavy atom. The van der Waals surface area contributed by atoms with Crippen LogP contribution in [0.4, 0.5) is 5.69 Å². The van der Waals surface area contributed by atoms with Crippen LogP contribution in [-0.2, 0) is 4.79 Å². The maximum Gasteiger partial charge on any atom is 0.242 e. The van der Waals surface area contributed by atoms with Gasteiger partial charge in [-0.1, -0.05) is 6.92 Å². The number of carbonyl (C=O) groups excluding carboxylic acids is 2. The highest BCUT2D eigenvalue weighted by atomic mass is 16.5. The Morgan fingerprint density at radius 2 is 1.96 bits per heavy atom. The van der Waals surface area contributed by atoms with Crippen LogP contribution < -0.4 is 9.64 Å². The second-order valence-electron chi connectivity index (χ2n) is 6.57. The topological polar surface area (TPSA) is 49.9 Å². The first kappa shape index (κ1) is 15.8. The summed E-state index contributed by atoms with van der Waals surface area (Å²) in [6.07, 6.45) is 2.17. The minimum Gasteiger partial charge on any atom is -0.490 e. The van der Waals surface area contributed by atoms with Crippen molar-refractivity contribution in [3.05, 3.63) is 23.8 Å². The molecule has 2 aliphatic heterocycles. The summed E-state index contributed by atoms with van der Waals surface area (Å²) >= 11 is 0. The van der Waals surface area contributed by atoms with Crippen molar-refractivity contribution in [1.29, 1.82) is 0 Å². The Morgan fingerprint density at radius 3 is 2.65 bits per heavy atom. The number of rotatable bonds is 3. The van der Waals surface area contributed by atoms with Crippen LogP contribution in [0.25, 0.3) is 0 Å². The van der Waals surface area contributed by atoms with Gasteiger partial charge in [0.1, 0.15) is 12.4 Å². The number of ketones is 1. The lowest BCUT2D eigenvalue weighted by atomic mass is 9.99. The molecule has 5 nitrogen and oxygen atoms in total. The number of amides is 1. The fourth-order valence-corrected chi connectivity index (χ4v) is 3.18. The van der Waals surface area contributed by atoms with Crippen molar-refractivity contribution in [3.63, 3.8) is 0 Å². The summed E-state index contributed by atoms with van der Waals surface area (Å²) < 4.78 is 5.65. The first-order valence-electron chi connectivity index (χ1n) is 8.35. The molecular formula is C18H24N2O3. The summed E-state index contributed by atoms with van der Waals surface area (Å²) in [7, 11) is 0. The number of likely N-dealkylation sites (tertiary alicyclic amines) is 1. The second-order valence-corrected chi connectivity index (χ2v) is 6.57. The first-order valence-corrected chi connectivity index (χ1v) is 8.35. The average molecular weight is 316 g/mol. The molecule has 0 unspecified atom stereocenters. The van der Waals surface area contributed by atoms with E-state index >= 15 is 0 Å². The van der Waals surface area contributed by atoms with Crippen molar-refractivity contribution in [3.8, 4) is 5.75 Å². The highest BCUT2D eigenvalue weighted by Gasteiger charge is 2.25. The van der Waals surface area contributed by atoms with E-state index in [9.17, 15) is 9.59 Å². The van der Waals surface area contributed by atoms with Gasteiger partial charge in [-0.25, -0.2) is 0 Å². The van der Waals surface area contributed by atoms with Crippen LogP contribution >= 0.6 is 0 Å². The van der Waals surface area contributed by atoms with Gasteiger partial charge in [0.05, 0.1) is 18.8 Å². The summed E-state index contributed by atoms with van der Waals surface area (Å²) in [4.78, 5) is 28.2. The standard InChI is InChI=1S/C18H24N2O3/c1-13-5-7-19(8-6-13)18(22)12-20-9-10-23-17-4-3-15(14(2)21)11-16(17)20/h3-4,11,13H,5-10,12H2,1-2H3. The van der Waals surface area contributed by atoms with E-state index in [1.54, 1.807) is 13.0 Å². The molecule has 0 spiro atoms. The van der Waals surface area contributed by atoms with Crippen molar-refractivity contribution in [2.75, 3.05) is 37.7 Å². The molecule has 1 amide bonds. The number of ether oxygens (including phenoxy) is 1. The normalized spacial score (nSPS) is 18.3. The highest BCUT2D eigenvalue weighted by Crippen LogP contribution is 2.32. The molecule has 2 aliphatic rings. The summed E-state index contributed by atoms with van der Waals surface area (Å²) in [5, 5.41) is 0. The fourth-order valence-electron chi connectivity index (χ4n) is 3.18. The smallest absolute Gasteiger partial charge is 0.242 e. The maximum atomic E-state index is 12.6. The molecular weight excluding hydrogens is 292 g/mol. The van der Waals surface area contributed by atoms with Crippen LogP contribution in [0, 0.1) is 5.92 Å². The predicted octanol–water partition coefficient (Wildman–Crippen LogP) is 2.35. The summed E-state index contributed by atoms with van der Waals surface area (Å²) in [5.74, 6) is 1.65. The Kier molecular flexibility index (Phi) is 4.55. The highest BCUT2D eigenvalue weighted by molar-refractivity contribution is 5.96. The first-order chi connectivity index (χ1) is 11.0. The van der Waals surface area contributed by atoms with E-state index in [-0.39, 0.29) is 11.7 Å². The van der Waals surface area contributed by atoms with Crippen molar-refractivity contribution in [1.82, 2.24) is 4.90 Å². The Balaban J connectivity index is 1.73. The van der Waals surface area contributed by atoms with Gasteiger partial charge in [0.15, 0.2) is 5.78 Å². The van der Waals surface area contributed by atoms with E-state index in [0.717, 1.165) is 37.4 Å². The van der Waals surface area contributed by atoms with Crippen LogP contribution in [0.15, 0.2) is 18.2 Å². The van der Waals surface area contributed by atoms with E-state index in [0.29, 0.717) is 31.2 Å². The van der Waals surface area contributed by atoms with E-state index in [2.05, 4.69) is 6.92 Å². The molecule has 0 N–H and O–H groups in total.